The molecular weight excluding hydrogens is 395 g/mol. The fraction of sp³-hybridized carbons (Fsp3) is 0.125. The first-order chi connectivity index (χ1) is 14.8. The van der Waals surface area contributed by atoms with Gasteiger partial charge >= 0.3 is 5.97 Å². The highest BCUT2D eigenvalue weighted by atomic mass is 19.1. The third-order valence-electron chi connectivity index (χ3n) is 4.61. The van der Waals surface area contributed by atoms with Gasteiger partial charge < -0.3 is 10.4 Å². The first-order valence-electron chi connectivity index (χ1n) is 9.63. The van der Waals surface area contributed by atoms with Crippen LogP contribution in [0.5, 0.6) is 0 Å². The Hall–Kier alpha value is -4.00. The number of nitrogens with zero attached hydrogens (tertiary/aromatic N) is 3. The van der Waals surface area contributed by atoms with E-state index in [2.05, 4.69) is 16.9 Å². The summed E-state index contributed by atoms with van der Waals surface area (Å²) in [4.78, 5) is 16.0. The summed E-state index contributed by atoms with van der Waals surface area (Å²) in [7, 11) is 0. The van der Waals surface area contributed by atoms with Crippen molar-refractivity contribution in [3.63, 3.8) is 0 Å². The lowest BCUT2D eigenvalue weighted by molar-refractivity contribution is 0.0697. The highest BCUT2D eigenvalue weighted by Crippen LogP contribution is 2.28. The fourth-order valence-electron chi connectivity index (χ4n) is 3.05. The van der Waals surface area contributed by atoms with Crippen LogP contribution in [0.25, 0.3) is 11.3 Å². The molecule has 2 N–H and O–H groups in total. The van der Waals surface area contributed by atoms with Crippen LogP contribution in [0.4, 0.5) is 16.0 Å². The SMILES string of the molecule is C=C(F)/C=C\C(=C/C)c1cc(Nc2nc(C)ccc2C(=O)O)n(-c2ccccc2C)n1. The molecule has 0 bridgehead atoms. The number of aromatic nitrogens is 3. The molecule has 0 spiro atoms. The topological polar surface area (TPSA) is 80.0 Å². The van der Waals surface area contributed by atoms with Gasteiger partial charge in [0, 0.05) is 11.8 Å². The van der Waals surface area contributed by atoms with E-state index < -0.39 is 11.8 Å². The second-order valence-corrected chi connectivity index (χ2v) is 6.92. The number of carboxylic acid groups (broad SMARTS) is 1. The van der Waals surface area contributed by atoms with E-state index in [0.29, 0.717) is 22.8 Å². The quantitative estimate of drug-likeness (QED) is 0.476. The minimum Gasteiger partial charge on any atom is -0.478 e. The minimum absolute atomic E-state index is 0.0459. The standard InChI is InChI=1S/C24H23FN4O2/c1-5-18(12-10-16(3)25)20-14-22(29(28-20)21-9-7-6-8-15(21)2)27-23-19(24(30)31)13-11-17(4)26-23/h5-14H,3H2,1-2,4H3,(H,26,27)(H,30,31)/b12-10-,18-5+. The van der Waals surface area contributed by atoms with Crippen molar-refractivity contribution in [2.75, 3.05) is 5.32 Å². The lowest BCUT2D eigenvalue weighted by Gasteiger charge is -2.13. The van der Waals surface area contributed by atoms with Gasteiger partial charge in [0.05, 0.1) is 11.4 Å². The molecule has 2 aromatic heterocycles. The van der Waals surface area contributed by atoms with Crippen molar-refractivity contribution in [3.8, 4) is 5.69 Å². The third kappa shape index (κ3) is 4.95. The Kier molecular flexibility index (Phi) is 6.45. The van der Waals surface area contributed by atoms with E-state index in [-0.39, 0.29) is 11.4 Å². The molecule has 31 heavy (non-hydrogen) atoms. The lowest BCUT2D eigenvalue weighted by Crippen LogP contribution is -2.09. The molecule has 0 aliphatic carbocycles. The van der Waals surface area contributed by atoms with Gasteiger partial charge in [-0.25, -0.2) is 18.9 Å². The molecule has 0 unspecified atom stereocenters. The van der Waals surface area contributed by atoms with Crippen LogP contribution in [0.3, 0.4) is 0 Å². The molecular formula is C24H23FN4O2. The van der Waals surface area contributed by atoms with Gasteiger partial charge in [-0.3, -0.25) is 0 Å². The molecule has 3 rings (SSSR count). The Morgan fingerprint density at radius 3 is 2.58 bits per heavy atom. The number of benzene rings is 1. The van der Waals surface area contributed by atoms with Crippen molar-refractivity contribution in [1.29, 1.82) is 0 Å². The van der Waals surface area contributed by atoms with Crippen molar-refractivity contribution in [2.45, 2.75) is 20.8 Å². The van der Waals surface area contributed by atoms with E-state index in [1.807, 2.05) is 38.1 Å². The lowest BCUT2D eigenvalue weighted by atomic mass is 10.1. The van der Waals surface area contributed by atoms with Crippen LogP contribution in [0, 0.1) is 13.8 Å². The molecule has 2 heterocycles. The van der Waals surface area contributed by atoms with E-state index in [0.717, 1.165) is 11.3 Å². The monoisotopic (exact) mass is 418 g/mol. The molecule has 0 fully saturated rings. The van der Waals surface area contributed by atoms with Crippen LogP contribution in [0.2, 0.25) is 0 Å². The van der Waals surface area contributed by atoms with Gasteiger partial charge in [0.2, 0.25) is 0 Å². The zero-order chi connectivity index (χ0) is 22.5. The van der Waals surface area contributed by atoms with Crippen molar-refractivity contribution < 1.29 is 14.3 Å². The summed E-state index contributed by atoms with van der Waals surface area (Å²) in [6.45, 7) is 8.81. The van der Waals surface area contributed by atoms with E-state index in [9.17, 15) is 14.3 Å². The Balaban J connectivity index is 2.16. The maximum Gasteiger partial charge on any atom is 0.339 e. The molecule has 158 valence electrons. The predicted molar refractivity (Wildman–Crippen MR) is 121 cm³/mol. The molecule has 0 saturated carbocycles. The van der Waals surface area contributed by atoms with Gasteiger partial charge in [-0.15, -0.1) is 0 Å². The van der Waals surface area contributed by atoms with Gasteiger partial charge in [-0.2, -0.15) is 5.10 Å². The number of halogens is 1. The molecule has 0 saturated heterocycles. The fourth-order valence-corrected chi connectivity index (χ4v) is 3.05. The number of para-hydroxylation sites is 1. The largest absolute Gasteiger partial charge is 0.478 e. The number of nitrogens with one attached hydrogen (secondary N) is 1. The maximum atomic E-state index is 13.2. The summed E-state index contributed by atoms with van der Waals surface area (Å²) in [5.41, 5.74) is 3.78. The number of hydrogen-bond acceptors (Lipinski definition) is 4. The second kappa shape index (κ2) is 9.21. The molecule has 1 aromatic carbocycles. The number of hydrogen-bond donors (Lipinski definition) is 2. The van der Waals surface area contributed by atoms with Gasteiger partial charge in [0.1, 0.15) is 23.0 Å². The zero-order valence-electron chi connectivity index (χ0n) is 17.6. The van der Waals surface area contributed by atoms with Crippen LogP contribution >= 0.6 is 0 Å². The van der Waals surface area contributed by atoms with Crippen molar-refractivity contribution in [1.82, 2.24) is 14.8 Å². The van der Waals surface area contributed by atoms with E-state index in [4.69, 9.17) is 5.10 Å². The van der Waals surface area contributed by atoms with Gasteiger partial charge in [-0.05, 0) is 56.2 Å². The first-order valence-corrected chi connectivity index (χ1v) is 9.63. The molecule has 0 amide bonds. The summed E-state index contributed by atoms with van der Waals surface area (Å²) < 4.78 is 14.8. The van der Waals surface area contributed by atoms with Gasteiger partial charge in [0.25, 0.3) is 0 Å². The molecule has 0 radical (unpaired) electrons. The highest BCUT2D eigenvalue weighted by Gasteiger charge is 2.17. The molecule has 0 atom stereocenters. The number of carboxylic acids is 1. The minimum atomic E-state index is -1.09. The van der Waals surface area contributed by atoms with Crippen LogP contribution in [-0.4, -0.2) is 25.8 Å². The zero-order valence-corrected chi connectivity index (χ0v) is 17.6. The van der Waals surface area contributed by atoms with Crippen LogP contribution in [-0.2, 0) is 0 Å². The smallest absolute Gasteiger partial charge is 0.339 e. The van der Waals surface area contributed by atoms with E-state index >= 15 is 0 Å². The van der Waals surface area contributed by atoms with Crippen molar-refractivity contribution in [2.24, 2.45) is 0 Å². The second-order valence-electron chi connectivity index (χ2n) is 6.92. The molecule has 7 heteroatoms. The van der Waals surface area contributed by atoms with E-state index in [1.165, 1.54) is 12.1 Å². The van der Waals surface area contributed by atoms with Crippen LogP contribution < -0.4 is 5.32 Å². The van der Waals surface area contributed by atoms with Crippen molar-refractivity contribution >= 4 is 23.2 Å². The summed E-state index contributed by atoms with van der Waals surface area (Å²) in [5, 5.41) is 17.4. The van der Waals surface area contributed by atoms with Gasteiger partial charge in [-0.1, -0.05) is 36.9 Å². The highest BCUT2D eigenvalue weighted by molar-refractivity contribution is 5.94. The number of anilines is 2. The first kappa shape index (κ1) is 21.7. The number of carbonyl (C=O) groups is 1. The number of aromatic carboxylic acids is 1. The maximum absolute atomic E-state index is 13.2. The molecule has 0 aliphatic heterocycles. The normalized spacial score (nSPS) is 11.7. The number of rotatable bonds is 7. The van der Waals surface area contributed by atoms with Crippen molar-refractivity contribution in [3.05, 3.63) is 95.6 Å². The Morgan fingerprint density at radius 2 is 1.94 bits per heavy atom. The van der Waals surface area contributed by atoms with E-state index in [1.54, 1.807) is 35.9 Å². The predicted octanol–water partition coefficient (Wildman–Crippen LogP) is 5.77. The number of pyridine rings is 1. The number of allylic oxidation sites excluding steroid dienone is 5. The Morgan fingerprint density at radius 1 is 1.19 bits per heavy atom. The Labute approximate surface area is 180 Å². The molecule has 0 aliphatic rings. The average molecular weight is 418 g/mol. The van der Waals surface area contributed by atoms with Crippen LogP contribution in [0.1, 0.15) is 34.2 Å². The van der Waals surface area contributed by atoms with Gasteiger partial charge in [0.15, 0.2) is 0 Å². The molecule has 3 aromatic rings. The summed E-state index contributed by atoms with van der Waals surface area (Å²) in [6, 6.07) is 12.6. The Bertz CT molecular complexity index is 1210. The summed E-state index contributed by atoms with van der Waals surface area (Å²) in [5.74, 6) is -0.915. The molecule has 6 nitrogen and oxygen atoms in total. The average Bonchev–Trinajstić information content (AvgIpc) is 3.11. The third-order valence-corrected chi connectivity index (χ3v) is 4.61. The summed E-state index contributed by atoms with van der Waals surface area (Å²) >= 11 is 0. The van der Waals surface area contributed by atoms with Crippen LogP contribution in [0.15, 0.2) is 73.1 Å². The summed E-state index contributed by atoms with van der Waals surface area (Å²) in [6.07, 6.45) is 4.66. The number of aryl methyl sites for hydroxylation is 2.